The lowest BCUT2D eigenvalue weighted by atomic mass is 9.95. The Morgan fingerprint density at radius 2 is 1.42 bits per heavy atom. The predicted molar refractivity (Wildman–Crippen MR) is 134 cm³/mol. The summed E-state index contributed by atoms with van der Waals surface area (Å²) >= 11 is 0. The first kappa shape index (κ1) is 25.6. The fourth-order valence-corrected chi connectivity index (χ4v) is 5.29. The van der Waals surface area contributed by atoms with Crippen molar-refractivity contribution in [3.05, 3.63) is 58.9 Å². The second-order valence-corrected chi connectivity index (χ2v) is 9.75. The summed E-state index contributed by atoms with van der Waals surface area (Å²) in [5.74, 6) is 1.50. The third-order valence-electron chi connectivity index (χ3n) is 7.27. The highest BCUT2D eigenvalue weighted by molar-refractivity contribution is 5.47. The van der Waals surface area contributed by atoms with Gasteiger partial charge in [-0.1, -0.05) is 70.1 Å². The Hall–Kier alpha value is -2.07. The van der Waals surface area contributed by atoms with Gasteiger partial charge >= 0.3 is 0 Å². The Labute approximate surface area is 200 Å². The monoisotopic (exact) mass is 456 g/mol. The molecule has 1 aliphatic rings. The molecule has 1 heterocycles. The molecule has 0 saturated carbocycles. The molecule has 182 valence electrons. The van der Waals surface area contributed by atoms with E-state index in [1.54, 1.807) is 26.4 Å². The minimum absolute atomic E-state index is 0.0832. The van der Waals surface area contributed by atoms with E-state index in [4.69, 9.17) is 9.47 Å². The summed E-state index contributed by atoms with van der Waals surface area (Å²) in [4.78, 5) is 0. The molecule has 0 aromatic heterocycles. The zero-order chi connectivity index (χ0) is 23.5. The summed E-state index contributed by atoms with van der Waals surface area (Å²) in [6.45, 7) is 6.07. The molecule has 3 rings (SSSR count). The van der Waals surface area contributed by atoms with Crippen molar-refractivity contribution in [1.29, 1.82) is 0 Å². The lowest BCUT2D eigenvalue weighted by molar-refractivity contribution is -0.955. The molecule has 0 N–H and O–H groups in total. The second kappa shape index (κ2) is 13.0. The number of methoxy groups -OCH3 is 2. The minimum atomic E-state index is -0.0832. The number of benzene rings is 2. The van der Waals surface area contributed by atoms with Crippen LogP contribution in [-0.4, -0.2) is 31.8 Å². The summed E-state index contributed by atoms with van der Waals surface area (Å²) in [6.07, 6.45) is 12.9. The zero-order valence-corrected chi connectivity index (χ0v) is 21.0. The number of fused-ring (bicyclic) bond motifs is 1. The minimum Gasteiger partial charge on any atom is -0.493 e. The van der Waals surface area contributed by atoms with Gasteiger partial charge in [0.05, 0.1) is 27.3 Å². The van der Waals surface area contributed by atoms with Crippen molar-refractivity contribution >= 4 is 0 Å². The molecule has 1 aliphatic heterocycles. The van der Waals surface area contributed by atoms with Gasteiger partial charge in [0.2, 0.25) is 0 Å². The van der Waals surface area contributed by atoms with Crippen molar-refractivity contribution in [3.63, 3.8) is 0 Å². The van der Waals surface area contributed by atoms with Crippen molar-refractivity contribution in [2.45, 2.75) is 84.2 Å². The zero-order valence-electron chi connectivity index (χ0n) is 21.0. The van der Waals surface area contributed by atoms with Crippen LogP contribution in [0.5, 0.6) is 11.5 Å². The average Bonchev–Trinajstić information content (AvgIpc) is 2.83. The molecule has 2 aromatic rings. The van der Waals surface area contributed by atoms with Gasteiger partial charge in [-0.25, -0.2) is 4.39 Å². The molecule has 3 nitrogen and oxygen atoms in total. The van der Waals surface area contributed by atoms with Crippen LogP contribution in [0.25, 0.3) is 0 Å². The standard InChI is InChI=1S/C29H43FNO2/c1-4-5-6-7-8-9-10-11-14-18-31(22-25-15-12-13-16-27(25)30)19-17-24-20-28(32-2)29(33-3)21-26(24)23-31/h12-13,15-16,20-21H,4-11,14,17-19,22-23H2,1-3H3/q+1. The van der Waals surface area contributed by atoms with Crippen LogP contribution >= 0.6 is 0 Å². The van der Waals surface area contributed by atoms with E-state index in [1.165, 1.54) is 68.9 Å². The average molecular weight is 457 g/mol. The van der Waals surface area contributed by atoms with Crippen LogP contribution < -0.4 is 9.47 Å². The Balaban J connectivity index is 1.67. The number of rotatable bonds is 14. The number of ether oxygens (including phenoxy) is 2. The largest absolute Gasteiger partial charge is 0.493 e. The van der Waals surface area contributed by atoms with Gasteiger partial charge in [-0.3, -0.25) is 0 Å². The van der Waals surface area contributed by atoms with E-state index in [-0.39, 0.29) is 5.82 Å². The summed E-state index contributed by atoms with van der Waals surface area (Å²) in [5.41, 5.74) is 3.48. The number of halogens is 1. The molecule has 0 aliphatic carbocycles. The van der Waals surface area contributed by atoms with Crippen molar-refractivity contribution in [2.24, 2.45) is 0 Å². The van der Waals surface area contributed by atoms with Crippen molar-refractivity contribution in [2.75, 3.05) is 27.3 Å². The lowest BCUT2D eigenvalue weighted by Crippen LogP contribution is -2.51. The molecule has 0 bridgehead atoms. The second-order valence-electron chi connectivity index (χ2n) is 9.75. The van der Waals surface area contributed by atoms with E-state index in [0.29, 0.717) is 0 Å². The van der Waals surface area contributed by atoms with E-state index >= 15 is 0 Å². The quantitative estimate of drug-likeness (QED) is 0.217. The van der Waals surface area contributed by atoms with E-state index in [1.807, 2.05) is 12.1 Å². The lowest BCUT2D eigenvalue weighted by Gasteiger charge is -2.42. The number of quaternary nitrogens is 1. The number of hydrogen-bond acceptors (Lipinski definition) is 2. The Kier molecular flexibility index (Phi) is 10.1. The molecule has 0 spiro atoms. The highest BCUT2D eigenvalue weighted by Gasteiger charge is 2.34. The molecule has 4 heteroatoms. The molecule has 33 heavy (non-hydrogen) atoms. The molecule has 1 unspecified atom stereocenters. The number of nitrogens with zero attached hydrogens (tertiary/aromatic N) is 1. The molecular weight excluding hydrogens is 413 g/mol. The molecular formula is C29H43FNO2+. The van der Waals surface area contributed by atoms with E-state index in [2.05, 4.69) is 19.1 Å². The summed E-state index contributed by atoms with van der Waals surface area (Å²) in [5, 5.41) is 0. The van der Waals surface area contributed by atoms with Gasteiger partial charge in [0.25, 0.3) is 0 Å². The van der Waals surface area contributed by atoms with Gasteiger partial charge in [0.1, 0.15) is 18.9 Å². The third-order valence-corrected chi connectivity index (χ3v) is 7.27. The number of hydrogen-bond donors (Lipinski definition) is 0. The summed E-state index contributed by atoms with van der Waals surface area (Å²) < 4.78 is 26.6. The van der Waals surface area contributed by atoms with E-state index in [0.717, 1.165) is 54.1 Å². The van der Waals surface area contributed by atoms with Crippen LogP contribution in [0.1, 0.15) is 81.4 Å². The summed E-state index contributed by atoms with van der Waals surface area (Å²) in [7, 11) is 3.38. The van der Waals surface area contributed by atoms with E-state index < -0.39 is 0 Å². The maximum atomic E-state index is 14.6. The Morgan fingerprint density at radius 3 is 2.06 bits per heavy atom. The van der Waals surface area contributed by atoms with Crippen LogP contribution in [-0.2, 0) is 19.5 Å². The topological polar surface area (TPSA) is 18.5 Å². The van der Waals surface area contributed by atoms with Gasteiger partial charge < -0.3 is 14.0 Å². The predicted octanol–water partition coefficient (Wildman–Crippen LogP) is 7.45. The first-order valence-electron chi connectivity index (χ1n) is 12.9. The molecule has 0 radical (unpaired) electrons. The van der Waals surface area contributed by atoms with Gasteiger partial charge in [-0.15, -0.1) is 0 Å². The number of unbranched alkanes of at least 4 members (excludes halogenated alkanes) is 8. The van der Waals surface area contributed by atoms with Crippen molar-refractivity contribution < 1.29 is 18.3 Å². The first-order chi connectivity index (χ1) is 16.1. The third kappa shape index (κ3) is 7.20. The molecule has 0 saturated heterocycles. The van der Waals surface area contributed by atoms with Crippen LogP contribution in [0.3, 0.4) is 0 Å². The normalized spacial score (nSPS) is 17.6. The van der Waals surface area contributed by atoms with Crippen molar-refractivity contribution in [1.82, 2.24) is 0 Å². The van der Waals surface area contributed by atoms with Crippen LogP contribution in [0.4, 0.5) is 4.39 Å². The van der Waals surface area contributed by atoms with Crippen LogP contribution in [0.15, 0.2) is 36.4 Å². The Bertz CT molecular complexity index is 869. The molecule has 2 aromatic carbocycles. The highest BCUT2D eigenvalue weighted by Crippen LogP contribution is 2.36. The van der Waals surface area contributed by atoms with Gasteiger partial charge in [0.15, 0.2) is 11.5 Å². The Morgan fingerprint density at radius 1 is 0.818 bits per heavy atom. The van der Waals surface area contributed by atoms with Gasteiger partial charge in [0, 0.05) is 17.5 Å². The molecule has 0 fully saturated rings. The van der Waals surface area contributed by atoms with Gasteiger partial charge in [-0.05, 0) is 36.6 Å². The first-order valence-corrected chi connectivity index (χ1v) is 12.9. The molecule has 0 amide bonds. The molecule has 1 atom stereocenters. The summed E-state index contributed by atoms with van der Waals surface area (Å²) in [6, 6.07) is 11.6. The fraction of sp³-hybridized carbons (Fsp3) is 0.586. The van der Waals surface area contributed by atoms with E-state index in [9.17, 15) is 4.39 Å². The highest BCUT2D eigenvalue weighted by atomic mass is 19.1. The fourth-order valence-electron chi connectivity index (χ4n) is 5.29. The maximum Gasteiger partial charge on any atom is 0.161 e. The van der Waals surface area contributed by atoms with Crippen LogP contribution in [0, 0.1) is 5.82 Å². The smallest absolute Gasteiger partial charge is 0.161 e. The van der Waals surface area contributed by atoms with Crippen molar-refractivity contribution in [3.8, 4) is 11.5 Å². The van der Waals surface area contributed by atoms with Gasteiger partial charge in [-0.2, -0.15) is 0 Å². The van der Waals surface area contributed by atoms with Crippen LogP contribution in [0.2, 0.25) is 0 Å². The maximum absolute atomic E-state index is 14.6. The SMILES string of the molecule is CCCCCCCCCCC[N+]1(Cc2ccccc2F)CCc2cc(OC)c(OC)cc2C1.